The summed E-state index contributed by atoms with van der Waals surface area (Å²) in [5.74, 6) is 6.83. The molecule has 0 radical (unpaired) electrons. The molecule has 9 nitrogen and oxygen atoms in total. The largest absolute Gasteiger partial charge is 0.380 e. The Balaban J connectivity index is 1.77. The second-order valence-corrected chi connectivity index (χ2v) is 8.04. The standard InChI is InChI=1S/C19H28N6O3/c1-10-16-14(18(26)25(21)19(27)24(16)13-4-5-13)8-22-17(10)23-7-6-12(9-23)15(20)11(2)28-3/h8,11-13,15H,4-7,9,20-21H2,1-3H3. The normalized spacial score (nSPS) is 22.0. The summed E-state index contributed by atoms with van der Waals surface area (Å²) in [6, 6.07) is 0.0477. The van der Waals surface area contributed by atoms with Gasteiger partial charge in [-0.15, -0.1) is 0 Å². The SMILES string of the molecule is COC(C)C(N)C1CCN(c2ncc3c(=O)n(N)c(=O)n(C4CC4)c3c2C)C1. The maximum absolute atomic E-state index is 12.7. The van der Waals surface area contributed by atoms with Crippen molar-refractivity contribution in [2.75, 3.05) is 30.9 Å². The van der Waals surface area contributed by atoms with Crippen molar-refractivity contribution in [1.82, 2.24) is 14.2 Å². The summed E-state index contributed by atoms with van der Waals surface area (Å²) in [4.78, 5) is 31.9. The highest BCUT2D eigenvalue weighted by Crippen LogP contribution is 2.37. The molecule has 2 aliphatic rings. The molecule has 3 unspecified atom stereocenters. The average Bonchev–Trinajstić information content (AvgIpc) is 3.41. The third-order valence-corrected chi connectivity index (χ3v) is 6.26. The van der Waals surface area contributed by atoms with Gasteiger partial charge >= 0.3 is 5.69 Å². The lowest BCUT2D eigenvalue weighted by Crippen LogP contribution is -2.45. The van der Waals surface area contributed by atoms with Crippen LogP contribution in [0, 0.1) is 12.8 Å². The van der Waals surface area contributed by atoms with Crippen LogP contribution in [0.25, 0.3) is 10.9 Å². The van der Waals surface area contributed by atoms with Crippen LogP contribution in [0.3, 0.4) is 0 Å². The molecule has 0 aromatic carbocycles. The van der Waals surface area contributed by atoms with Crippen LogP contribution in [-0.2, 0) is 4.74 Å². The fraction of sp³-hybridized carbons (Fsp3) is 0.632. The Bertz CT molecular complexity index is 1020. The number of rotatable bonds is 5. The van der Waals surface area contributed by atoms with Gasteiger partial charge in [0.15, 0.2) is 0 Å². The monoisotopic (exact) mass is 388 g/mol. The van der Waals surface area contributed by atoms with E-state index in [1.807, 2.05) is 13.8 Å². The summed E-state index contributed by atoms with van der Waals surface area (Å²) in [5.41, 5.74) is 6.88. The average molecular weight is 388 g/mol. The van der Waals surface area contributed by atoms with Gasteiger partial charge in [0.25, 0.3) is 5.56 Å². The summed E-state index contributed by atoms with van der Waals surface area (Å²) < 4.78 is 7.75. The molecule has 1 saturated heterocycles. The van der Waals surface area contributed by atoms with Gasteiger partial charge in [0, 0.05) is 44.0 Å². The molecular weight excluding hydrogens is 360 g/mol. The number of aromatic nitrogens is 3. The number of pyridine rings is 1. The molecule has 4 N–H and O–H groups in total. The van der Waals surface area contributed by atoms with Crippen LogP contribution in [0.4, 0.5) is 5.82 Å². The van der Waals surface area contributed by atoms with E-state index >= 15 is 0 Å². The van der Waals surface area contributed by atoms with Crippen LogP contribution in [0.1, 0.15) is 37.8 Å². The van der Waals surface area contributed by atoms with E-state index in [0.29, 0.717) is 21.5 Å². The first-order valence-electron chi connectivity index (χ1n) is 9.80. The number of anilines is 1. The summed E-state index contributed by atoms with van der Waals surface area (Å²) in [7, 11) is 1.67. The maximum Gasteiger partial charge on any atom is 0.350 e. The molecule has 2 fully saturated rings. The summed E-state index contributed by atoms with van der Waals surface area (Å²) in [5, 5.41) is 0.385. The number of hydrogen-bond donors (Lipinski definition) is 2. The molecule has 9 heteroatoms. The van der Waals surface area contributed by atoms with Gasteiger partial charge in [-0.05, 0) is 39.0 Å². The smallest absolute Gasteiger partial charge is 0.350 e. The second-order valence-electron chi connectivity index (χ2n) is 8.04. The zero-order chi connectivity index (χ0) is 20.2. The van der Waals surface area contributed by atoms with E-state index in [1.165, 1.54) is 0 Å². The summed E-state index contributed by atoms with van der Waals surface area (Å²) in [6.45, 7) is 5.51. The van der Waals surface area contributed by atoms with Gasteiger partial charge in [-0.2, -0.15) is 4.68 Å². The first-order chi connectivity index (χ1) is 13.3. The molecule has 3 atom stereocenters. The lowest BCUT2D eigenvalue weighted by Gasteiger charge is -2.26. The zero-order valence-corrected chi connectivity index (χ0v) is 16.6. The minimum absolute atomic E-state index is 0.0151. The van der Waals surface area contributed by atoms with Crippen molar-refractivity contribution >= 4 is 16.7 Å². The highest BCUT2D eigenvalue weighted by molar-refractivity contribution is 5.84. The van der Waals surface area contributed by atoms with Crippen molar-refractivity contribution in [3.8, 4) is 0 Å². The number of methoxy groups -OCH3 is 1. The van der Waals surface area contributed by atoms with Crippen molar-refractivity contribution < 1.29 is 4.74 Å². The molecule has 0 bridgehead atoms. The number of nitrogen functional groups attached to an aromatic ring is 1. The lowest BCUT2D eigenvalue weighted by molar-refractivity contribution is 0.0791. The predicted octanol–water partition coefficient (Wildman–Crippen LogP) is 0.104. The van der Waals surface area contributed by atoms with Crippen molar-refractivity contribution in [1.29, 1.82) is 0 Å². The van der Waals surface area contributed by atoms with E-state index in [1.54, 1.807) is 17.9 Å². The number of hydrogen-bond acceptors (Lipinski definition) is 7. The minimum Gasteiger partial charge on any atom is -0.380 e. The molecule has 2 aromatic rings. The first kappa shape index (κ1) is 18.9. The van der Waals surface area contributed by atoms with E-state index in [9.17, 15) is 9.59 Å². The molecule has 2 aromatic heterocycles. The highest BCUT2D eigenvalue weighted by Gasteiger charge is 2.33. The Hall–Kier alpha value is -2.39. The Morgan fingerprint density at radius 1 is 1.29 bits per heavy atom. The van der Waals surface area contributed by atoms with Gasteiger partial charge in [-0.25, -0.2) is 9.78 Å². The van der Waals surface area contributed by atoms with Crippen LogP contribution >= 0.6 is 0 Å². The van der Waals surface area contributed by atoms with E-state index in [2.05, 4.69) is 9.88 Å². The van der Waals surface area contributed by atoms with Crippen molar-refractivity contribution in [2.45, 2.75) is 51.3 Å². The van der Waals surface area contributed by atoms with Crippen LogP contribution < -0.4 is 27.7 Å². The van der Waals surface area contributed by atoms with Gasteiger partial charge in [-0.1, -0.05) is 0 Å². The first-order valence-corrected chi connectivity index (χ1v) is 9.80. The molecule has 28 heavy (non-hydrogen) atoms. The molecule has 4 rings (SSSR count). The van der Waals surface area contributed by atoms with Gasteiger partial charge in [0.1, 0.15) is 5.82 Å². The Morgan fingerprint density at radius 3 is 2.64 bits per heavy atom. The predicted molar refractivity (Wildman–Crippen MR) is 108 cm³/mol. The molecule has 1 saturated carbocycles. The maximum atomic E-state index is 12.7. The molecule has 3 heterocycles. The van der Waals surface area contributed by atoms with Crippen LogP contribution in [0.15, 0.2) is 15.8 Å². The van der Waals surface area contributed by atoms with E-state index < -0.39 is 11.2 Å². The number of nitrogens with two attached hydrogens (primary N) is 2. The van der Waals surface area contributed by atoms with E-state index in [4.69, 9.17) is 16.3 Å². The molecular formula is C19H28N6O3. The molecule has 0 amide bonds. The van der Waals surface area contributed by atoms with Crippen molar-refractivity contribution in [2.24, 2.45) is 11.7 Å². The number of fused-ring (bicyclic) bond motifs is 1. The zero-order valence-electron chi connectivity index (χ0n) is 16.6. The quantitative estimate of drug-likeness (QED) is 0.697. The third kappa shape index (κ3) is 2.89. The van der Waals surface area contributed by atoms with Crippen molar-refractivity contribution in [3.63, 3.8) is 0 Å². The molecule has 1 aliphatic heterocycles. The van der Waals surface area contributed by atoms with Crippen LogP contribution in [-0.4, -0.2) is 46.6 Å². The molecule has 1 aliphatic carbocycles. The van der Waals surface area contributed by atoms with Gasteiger partial charge < -0.3 is 21.2 Å². The number of ether oxygens (including phenoxy) is 1. The summed E-state index contributed by atoms with van der Waals surface area (Å²) >= 11 is 0. The van der Waals surface area contributed by atoms with Gasteiger partial charge in [-0.3, -0.25) is 9.36 Å². The molecule has 0 spiro atoms. The Kier molecular flexibility index (Phi) is 4.67. The topological polar surface area (TPSA) is 121 Å². The lowest BCUT2D eigenvalue weighted by atomic mass is 9.96. The van der Waals surface area contributed by atoms with Crippen LogP contribution in [0.2, 0.25) is 0 Å². The Morgan fingerprint density at radius 2 is 2.00 bits per heavy atom. The van der Waals surface area contributed by atoms with E-state index in [-0.39, 0.29) is 18.2 Å². The fourth-order valence-electron chi connectivity index (χ4n) is 4.31. The van der Waals surface area contributed by atoms with Gasteiger partial charge in [0.05, 0.1) is 17.0 Å². The Labute approximate surface area is 162 Å². The molecule has 152 valence electrons. The van der Waals surface area contributed by atoms with E-state index in [0.717, 1.165) is 43.7 Å². The highest BCUT2D eigenvalue weighted by atomic mass is 16.5. The number of nitrogens with zero attached hydrogens (tertiary/aromatic N) is 4. The number of aryl methyl sites for hydroxylation is 1. The third-order valence-electron chi connectivity index (χ3n) is 6.26. The van der Waals surface area contributed by atoms with Crippen LogP contribution in [0.5, 0.6) is 0 Å². The second kappa shape index (κ2) is 6.89. The van der Waals surface area contributed by atoms with Gasteiger partial charge in [0.2, 0.25) is 0 Å². The summed E-state index contributed by atoms with van der Waals surface area (Å²) in [6.07, 6.45) is 4.32. The van der Waals surface area contributed by atoms with Crippen molar-refractivity contribution in [3.05, 3.63) is 32.6 Å². The fourth-order valence-corrected chi connectivity index (χ4v) is 4.31. The minimum atomic E-state index is -0.505.